The Bertz CT molecular complexity index is 697. The van der Waals surface area contributed by atoms with Gasteiger partial charge in [-0.05, 0) is 58.2 Å². The van der Waals surface area contributed by atoms with E-state index in [-0.39, 0.29) is 22.9 Å². The molecule has 1 aliphatic heterocycles. The highest BCUT2D eigenvalue weighted by Gasteiger charge is 2.25. The lowest BCUT2D eigenvalue weighted by Gasteiger charge is -2.21. The smallest absolute Gasteiger partial charge is 0.412 e. The van der Waals surface area contributed by atoms with Crippen LogP contribution in [0.1, 0.15) is 50.4 Å². The van der Waals surface area contributed by atoms with E-state index in [0.29, 0.717) is 13.0 Å². The average molecular weight is 363 g/mol. The molecule has 0 bridgehead atoms. The Balaban J connectivity index is 2.16. The predicted octanol–water partition coefficient (Wildman–Crippen LogP) is 2.14. The minimum absolute atomic E-state index is 0.0490. The first-order valence-corrected chi connectivity index (χ1v) is 8.57. The number of phenols is 1. The van der Waals surface area contributed by atoms with Crippen LogP contribution >= 0.6 is 0 Å². The van der Waals surface area contributed by atoms with Crippen LogP contribution in [0.25, 0.3) is 0 Å². The summed E-state index contributed by atoms with van der Waals surface area (Å²) in [6, 6.07) is 3.33. The summed E-state index contributed by atoms with van der Waals surface area (Å²) in [5.74, 6) is -0.929. The van der Waals surface area contributed by atoms with Gasteiger partial charge in [-0.3, -0.25) is 14.9 Å². The Labute approximate surface area is 152 Å². The van der Waals surface area contributed by atoms with Crippen LogP contribution in [0, 0.1) is 0 Å². The zero-order valence-corrected chi connectivity index (χ0v) is 15.2. The average Bonchev–Trinajstić information content (AvgIpc) is 2.72. The molecule has 0 spiro atoms. The summed E-state index contributed by atoms with van der Waals surface area (Å²) in [6.45, 7) is 5.76. The summed E-state index contributed by atoms with van der Waals surface area (Å²) in [5.41, 5.74) is -0.460. The number of carbonyl (C=O) groups excluding carboxylic acids is 3. The molecule has 1 aromatic rings. The molecular weight excluding hydrogens is 338 g/mol. The molecule has 1 fully saturated rings. The van der Waals surface area contributed by atoms with Crippen molar-refractivity contribution < 1.29 is 24.2 Å². The second-order valence-corrected chi connectivity index (χ2v) is 7.17. The summed E-state index contributed by atoms with van der Waals surface area (Å²) < 4.78 is 5.18. The summed E-state index contributed by atoms with van der Waals surface area (Å²) in [4.78, 5) is 36.6. The molecule has 0 radical (unpaired) electrons. The quantitative estimate of drug-likeness (QED) is 0.614. The number of hydrogen-bond donors (Lipinski definition) is 4. The largest absolute Gasteiger partial charge is 0.508 e. The van der Waals surface area contributed by atoms with Gasteiger partial charge in [-0.25, -0.2) is 4.79 Å². The van der Waals surface area contributed by atoms with Crippen molar-refractivity contribution in [3.63, 3.8) is 0 Å². The van der Waals surface area contributed by atoms with Gasteiger partial charge in [0.1, 0.15) is 17.4 Å². The third-order valence-electron chi connectivity index (χ3n) is 3.72. The van der Waals surface area contributed by atoms with Crippen LogP contribution in [0.2, 0.25) is 0 Å². The Morgan fingerprint density at radius 2 is 2.00 bits per heavy atom. The van der Waals surface area contributed by atoms with E-state index in [4.69, 9.17) is 4.74 Å². The van der Waals surface area contributed by atoms with Gasteiger partial charge in [0, 0.05) is 6.54 Å². The number of carbonyl (C=O) groups is 3. The fraction of sp³-hybridized carbons (Fsp3) is 0.500. The number of nitrogens with one attached hydrogen (secondary N) is 3. The van der Waals surface area contributed by atoms with E-state index in [9.17, 15) is 19.5 Å². The van der Waals surface area contributed by atoms with Crippen LogP contribution < -0.4 is 16.0 Å². The van der Waals surface area contributed by atoms with E-state index < -0.39 is 23.6 Å². The van der Waals surface area contributed by atoms with Gasteiger partial charge in [-0.1, -0.05) is 0 Å². The molecule has 1 unspecified atom stereocenters. The molecule has 1 atom stereocenters. The van der Waals surface area contributed by atoms with Crippen molar-refractivity contribution in [2.45, 2.75) is 51.7 Å². The van der Waals surface area contributed by atoms with Crippen molar-refractivity contribution in [3.05, 3.63) is 23.8 Å². The molecule has 26 heavy (non-hydrogen) atoms. The van der Waals surface area contributed by atoms with Crippen LogP contribution in [0.15, 0.2) is 18.2 Å². The Kier molecular flexibility index (Phi) is 6.07. The Morgan fingerprint density at radius 1 is 1.27 bits per heavy atom. The number of aromatic hydroxyl groups is 1. The van der Waals surface area contributed by atoms with Gasteiger partial charge in [0.25, 0.3) is 5.91 Å². The number of hydrogen-bond acceptors (Lipinski definition) is 5. The molecule has 1 heterocycles. The second kappa shape index (κ2) is 8.07. The Hall–Kier alpha value is -2.77. The van der Waals surface area contributed by atoms with Gasteiger partial charge in [0.05, 0.1) is 11.3 Å². The van der Waals surface area contributed by atoms with Gasteiger partial charge in [-0.15, -0.1) is 0 Å². The molecule has 1 aliphatic rings. The molecule has 4 N–H and O–H groups in total. The standard InChI is InChI=1S/C18H25N3O5/c1-18(2,3)26-17(25)21-13-8-7-11(22)10-12(13)15(23)20-14-6-4-5-9-19-16(14)24/h7-8,10,14,22H,4-6,9H2,1-3H3,(H,19,24)(H,20,23)(H,21,25). The lowest BCUT2D eigenvalue weighted by atomic mass is 10.1. The minimum Gasteiger partial charge on any atom is -0.508 e. The maximum absolute atomic E-state index is 12.6. The lowest BCUT2D eigenvalue weighted by molar-refractivity contribution is -0.122. The Morgan fingerprint density at radius 3 is 2.69 bits per heavy atom. The summed E-state index contributed by atoms with van der Waals surface area (Å²) in [7, 11) is 0. The first kappa shape index (κ1) is 19.6. The van der Waals surface area contributed by atoms with Crippen molar-refractivity contribution in [2.75, 3.05) is 11.9 Å². The lowest BCUT2D eigenvalue weighted by Crippen LogP contribution is -2.45. The van der Waals surface area contributed by atoms with Crippen molar-refractivity contribution in [3.8, 4) is 5.75 Å². The van der Waals surface area contributed by atoms with Crippen LogP contribution in [0.3, 0.4) is 0 Å². The van der Waals surface area contributed by atoms with Crippen LogP contribution in [0.4, 0.5) is 10.5 Å². The monoisotopic (exact) mass is 363 g/mol. The third-order valence-corrected chi connectivity index (χ3v) is 3.72. The highest BCUT2D eigenvalue weighted by atomic mass is 16.6. The number of benzene rings is 1. The second-order valence-electron chi connectivity index (χ2n) is 7.17. The van der Waals surface area contributed by atoms with E-state index in [2.05, 4.69) is 16.0 Å². The van der Waals surface area contributed by atoms with Gasteiger partial charge < -0.3 is 20.5 Å². The molecule has 0 aromatic heterocycles. The summed E-state index contributed by atoms with van der Waals surface area (Å²) in [5, 5.41) is 17.6. The molecule has 0 saturated carbocycles. The number of ether oxygens (including phenoxy) is 1. The van der Waals surface area contributed by atoms with Gasteiger partial charge >= 0.3 is 6.09 Å². The SMILES string of the molecule is CC(C)(C)OC(=O)Nc1ccc(O)cc1C(=O)NC1CCCCNC1=O. The molecular formula is C18H25N3O5. The number of phenolic OH excluding ortho intramolecular Hbond substituents is 1. The highest BCUT2D eigenvalue weighted by Crippen LogP contribution is 2.23. The molecule has 8 heteroatoms. The van der Waals surface area contributed by atoms with E-state index in [0.717, 1.165) is 12.8 Å². The first-order chi connectivity index (χ1) is 12.2. The maximum atomic E-state index is 12.6. The van der Waals surface area contributed by atoms with Gasteiger partial charge in [0.2, 0.25) is 5.91 Å². The molecule has 2 rings (SSSR count). The molecule has 3 amide bonds. The molecule has 1 aromatic carbocycles. The van der Waals surface area contributed by atoms with Crippen LogP contribution in [-0.2, 0) is 9.53 Å². The topological polar surface area (TPSA) is 117 Å². The normalized spacial score (nSPS) is 17.7. The van der Waals surface area contributed by atoms with Gasteiger partial charge in [-0.2, -0.15) is 0 Å². The highest BCUT2D eigenvalue weighted by molar-refractivity contribution is 6.04. The van der Waals surface area contributed by atoms with Crippen molar-refractivity contribution in [1.82, 2.24) is 10.6 Å². The number of amides is 3. The van der Waals surface area contributed by atoms with Crippen LogP contribution in [-0.4, -0.2) is 41.2 Å². The zero-order chi connectivity index (χ0) is 19.3. The van der Waals surface area contributed by atoms with E-state index in [1.807, 2.05) is 0 Å². The zero-order valence-electron chi connectivity index (χ0n) is 15.2. The van der Waals surface area contributed by atoms with Crippen LogP contribution in [0.5, 0.6) is 5.75 Å². The number of anilines is 1. The molecule has 1 saturated heterocycles. The van der Waals surface area contributed by atoms with Crippen molar-refractivity contribution >= 4 is 23.6 Å². The molecule has 8 nitrogen and oxygen atoms in total. The van der Waals surface area contributed by atoms with Crippen molar-refractivity contribution in [2.24, 2.45) is 0 Å². The van der Waals surface area contributed by atoms with E-state index in [1.165, 1.54) is 18.2 Å². The van der Waals surface area contributed by atoms with E-state index >= 15 is 0 Å². The molecule has 0 aliphatic carbocycles. The minimum atomic E-state index is -0.718. The fourth-order valence-corrected chi connectivity index (χ4v) is 2.56. The third kappa shape index (κ3) is 5.65. The fourth-order valence-electron chi connectivity index (χ4n) is 2.56. The van der Waals surface area contributed by atoms with Gasteiger partial charge in [0.15, 0.2) is 0 Å². The summed E-state index contributed by atoms with van der Waals surface area (Å²) >= 11 is 0. The van der Waals surface area contributed by atoms with E-state index in [1.54, 1.807) is 20.8 Å². The summed E-state index contributed by atoms with van der Waals surface area (Å²) in [6.07, 6.45) is 1.48. The number of rotatable bonds is 3. The maximum Gasteiger partial charge on any atom is 0.412 e. The first-order valence-electron chi connectivity index (χ1n) is 8.57. The molecule has 142 valence electrons. The van der Waals surface area contributed by atoms with Crippen molar-refractivity contribution in [1.29, 1.82) is 0 Å². The predicted molar refractivity (Wildman–Crippen MR) is 96.1 cm³/mol.